The maximum absolute atomic E-state index is 11.3. The summed E-state index contributed by atoms with van der Waals surface area (Å²) in [5.41, 5.74) is 6.03. The molecule has 1 aromatic heterocycles. The molecule has 0 spiro atoms. The summed E-state index contributed by atoms with van der Waals surface area (Å²) < 4.78 is 4.83. The number of nitrogens with two attached hydrogens (primary N) is 1. The van der Waals surface area contributed by atoms with Crippen molar-refractivity contribution in [3.05, 3.63) is 23.2 Å². The monoisotopic (exact) mass is 198 g/mol. The Balaban J connectivity index is 2.76. The molecular formula is C8H10N2O2S. The van der Waals surface area contributed by atoms with Crippen molar-refractivity contribution < 1.29 is 9.53 Å². The average Bonchev–Trinajstić information content (AvgIpc) is 2.41. The van der Waals surface area contributed by atoms with E-state index in [2.05, 4.69) is 11.6 Å². The summed E-state index contributed by atoms with van der Waals surface area (Å²) in [5.74, 6) is -0.397. The van der Waals surface area contributed by atoms with E-state index in [0.29, 0.717) is 15.7 Å². The number of aryl methyl sites for hydroxylation is 1. The van der Waals surface area contributed by atoms with Crippen LogP contribution in [0.4, 0.5) is 5.13 Å². The molecular weight excluding hydrogens is 188 g/mol. The number of hydrogen-bond acceptors (Lipinski definition) is 5. The van der Waals surface area contributed by atoms with Gasteiger partial charge in [0.2, 0.25) is 0 Å². The van der Waals surface area contributed by atoms with Crippen molar-refractivity contribution in [1.82, 2.24) is 4.98 Å². The predicted octanol–water partition coefficient (Wildman–Crippen LogP) is 1.38. The number of nitrogens with zero attached hydrogens (tertiary/aromatic N) is 1. The fraction of sp³-hybridized carbons (Fsp3) is 0.250. The van der Waals surface area contributed by atoms with E-state index in [9.17, 15) is 4.79 Å². The Morgan fingerprint density at radius 2 is 2.54 bits per heavy atom. The van der Waals surface area contributed by atoms with E-state index in [1.807, 2.05) is 0 Å². The molecule has 1 aromatic rings. The van der Waals surface area contributed by atoms with Gasteiger partial charge in [-0.25, -0.2) is 9.78 Å². The van der Waals surface area contributed by atoms with Gasteiger partial charge in [-0.3, -0.25) is 0 Å². The topological polar surface area (TPSA) is 65.2 Å². The fourth-order valence-corrected chi connectivity index (χ4v) is 1.53. The summed E-state index contributed by atoms with van der Waals surface area (Å²) >= 11 is 1.13. The van der Waals surface area contributed by atoms with Crippen LogP contribution in [-0.2, 0) is 4.74 Å². The minimum atomic E-state index is -0.397. The minimum absolute atomic E-state index is 0.204. The number of nitrogen functional groups attached to an aromatic ring is 1. The van der Waals surface area contributed by atoms with Gasteiger partial charge in [-0.2, -0.15) is 0 Å². The smallest absolute Gasteiger partial charge is 0.350 e. The molecule has 0 radical (unpaired) electrons. The van der Waals surface area contributed by atoms with E-state index in [1.165, 1.54) is 6.08 Å². The highest BCUT2D eigenvalue weighted by Gasteiger charge is 2.14. The second-order valence-corrected chi connectivity index (χ2v) is 3.38. The number of anilines is 1. The van der Waals surface area contributed by atoms with E-state index in [1.54, 1.807) is 6.92 Å². The van der Waals surface area contributed by atoms with Gasteiger partial charge in [0.15, 0.2) is 5.13 Å². The molecule has 0 aliphatic carbocycles. The highest BCUT2D eigenvalue weighted by molar-refractivity contribution is 7.17. The highest BCUT2D eigenvalue weighted by atomic mass is 32.1. The normalized spacial score (nSPS) is 9.62. The molecule has 0 fully saturated rings. The van der Waals surface area contributed by atoms with Crippen LogP contribution in [-0.4, -0.2) is 17.6 Å². The molecule has 0 bridgehead atoms. The second-order valence-electron chi connectivity index (χ2n) is 2.35. The number of carbonyl (C=O) groups is 1. The fourth-order valence-electron chi connectivity index (χ4n) is 0.807. The van der Waals surface area contributed by atoms with Crippen molar-refractivity contribution in [3.63, 3.8) is 0 Å². The molecule has 4 nitrogen and oxygen atoms in total. The Morgan fingerprint density at radius 3 is 3.00 bits per heavy atom. The van der Waals surface area contributed by atoms with Crippen LogP contribution in [0.1, 0.15) is 15.4 Å². The molecule has 0 saturated carbocycles. The lowest BCUT2D eigenvalue weighted by atomic mass is 10.4. The van der Waals surface area contributed by atoms with Crippen LogP contribution in [0.25, 0.3) is 0 Å². The molecule has 0 aliphatic heterocycles. The first-order valence-electron chi connectivity index (χ1n) is 3.66. The van der Waals surface area contributed by atoms with Crippen LogP contribution in [0, 0.1) is 6.92 Å². The Bertz CT molecular complexity index is 333. The van der Waals surface area contributed by atoms with Gasteiger partial charge in [0.1, 0.15) is 11.5 Å². The average molecular weight is 198 g/mol. The largest absolute Gasteiger partial charge is 0.457 e. The lowest BCUT2D eigenvalue weighted by Crippen LogP contribution is -2.04. The van der Waals surface area contributed by atoms with Crippen LogP contribution < -0.4 is 5.73 Å². The molecule has 0 unspecified atom stereocenters. The van der Waals surface area contributed by atoms with Crippen LogP contribution in [0.15, 0.2) is 12.7 Å². The second kappa shape index (κ2) is 4.04. The number of carbonyl (C=O) groups excluding carboxylic acids is 1. The molecule has 0 amide bonds. The lowest BCUT2D eigenvalue weighted by molar-refractivity contribution is 0.0554. The van der Waals surface area contributed by atoms with Crippen molar-refractivity contribution in [1.29, 1.82) is 0 Å². The summed E-state index contributed by atoms with van der Waals surface area (Å²) in [6.07, 6.45) is 1.51. The number of esters is 1. The predicted molar refractivity (Wildman–Crippen MR) is 51.7 cm³/mol. The van der Waals surface area contributed by atoms with Gasteiger partial charge in [0.25, 0.3) is 0 Å². The standard InChI is InChI=1S/C8H10N2O2S/c1-3-4-12-7(11)6-5(2)10-8(9)13-6/h3H,1,4H2,2H3,(H2,9,10). The van der Waals surface area contributed by atoms with Crippen molar-refractivity contribution in [2.24, 2.45) is 0 Å². The summed E-state index contributed by atoms with van der Waals surface area (Å²) in [4.78, 5) is 15.7. The molecule has 0 atom stereocenters. The van der Waals surface area contributed by atoms with E-state index >= 15 is 0 Å². The minimum Gasteiger partial charge on any atom is -0.457 e. The molecule has 0 aliphatic rings. The first-order valence-corrected chi connectivity index (χ1v) is 4.47. The maximum atomic E-state index is 11.3. The highest BCUT2D eigenvalue weighted by Crippen LogP contribution is 2.20. The number of rotatable bonds is 3. The lowest BCUT2D eigenvalue weighted by Gasteiger charge is -1.98. The first kappa shape index (κ1) is 9.73. The summed E-state index contributed by atoms with van der Waals surface area (Å²) in [6.45, 7) is 5.36. The third-order valence-corrected chi connectivity index (χ3v) is 2.30. The van der Waals surface area contributed by atoms with Gasteiger partial charge >= 0.3 is 5.97 Å². The maximum Gasteiger partial charge on any atom is 0.350 e. The zero-order valence-corrected chi connectivity index (χ0v) is 8.06. The summed E-state index contributed by atoms with van der Waals surface area (Å²) in [5, 5.41) is 0.378. The van der Waals surface area contributed by atoms with Crippen molar-refractivity contribution in [2.75, 3.05) is 12.3 Å². The van der Waals surface area contributed by atoms with Gasteiger partial charge in [-0.1, -0.05) is 24.0 Å². The molecule has 0 aromatic carbocycles. The summed E-state index contributed by atoms with van der Waals surface area (Å²) in [6, 6.07) is 0. The van der Waals surface area contributed by atoms with E-state index in [0.717, 1.165) is 11.3 Å². The third-order valence-electron chi connectivity index (χ3n) is 1.33. The number of hydrogen-bond donors (Lipinski definition) is 1. The molecule has 13 heavy (non-hydrogen) atoms. The number of aromatic nitrogens is 1. The Kier molecular flexibility index (Phi) is 3.02. The zero-order chi connectivity index (χ0) is 9.84. The molecule has 70 valence electrons. The molecule has 1 heterocycles. The quantitative estimate of drug-likeness (QED) is 0.588. The Hall–Kier alpha value is -1.36. The van der Waals surface area contributed by atoms with Gasteiger partial charge in [-0.15, -0.1) is 0 Å². The van der Waals surface area contributed by atoms with Crippen molar-refractivity contribution in [2.45, 2.75) is 6.92 Å². The van der Waals surface area contributed by atoms with Crippen LogP contribution >= 0.6 is 11.3 Å². The van der Waals surface area contributed by atoms with Crippen molar-refractivity contribution >= 4 is 22.4 Å². The van der Waals surface area contributed by atoms with E-state index < -0.39 is 5.97 Å². The Morgan fingerprint density at radius 1 is 1.85 bits per heavy atom. The van der Waals surface area contributed by atoms with Crippen LogP contribution in [0.5, 0.6) is 0 Å². The zero-order valence-electron chi connectivity index (χ0n) is 7.24. The third kappa shape index (κ3) is 2.29. The van der Waals surface area contributed by atoms with E-state index in [-0.39, 0.29) is 6.61 Å². The van der Waals surface area contributed by atoms with E-state index in [4.69, 9.17) is 10.5 Å². The van der Waals surface area contributed by atoms with Gasteiger partial charge in [0.05, 0.1) is 5.69 Å². The van der Waals surface area contributed by atoms with Gasteiger partial charge in [-0.05, 0) is 6.92 Å². The number of ether oxygens (including phenoxy) is 1. The Labute approximate surface area is 80.0 Å². The van der Waals surface area contributed by atoms with Crippen LogP contribution in [0.2, 0.25) is 0 Å². The van der Waals surface area contributed by atoms with Crippen molar-refractivity contribution in [3.8, 4) is 0 Å². The molecule has 5 heteroatoms. The summed E-state index contributed by atoms with van der Waals surface area (Å²) in [7, 11) is 0. The number of thiazole rings is 1. The molecule has 2 N–H and O–H groups in total. The molecule has 0 saturated heterocycles. The SMILES string of the molecule is C=CCOC(=O)c1sc(N)nc1C. The molecule has 1 rings (SSSR count). The first-order chi connectivity index (χ1) is 6.15. The van der Waals surface area contributed by atoms with Crippen LogP contribution in [0.3, 0.4) is 0 Å². The van der Waals surface area contributed by atoms with Gasteiger partial charge in [0, 0.05) is 0 Å². The van der Waals surface area contributed by atoms with Gasteiger partial charge < -0.3 is 10.5 Å².